The number of nitrogens with zero attached hydrogens (tertiary/aromatic N) is 1. The van der Waals surface area contributed by atoms with E-state index in [1.54, 1.807) is 0 Å². The maximum absolute atomic E-state index is 5.23. The van der Waals surface area contributed by atoms with Crippen molar-refractivity contribution in [3.8, 4) is 0 Å². The second kappa shape index (κ2) is 3.87. The third-order valence-electron chi connectivity index (χ3n) is 2.65. The van der Waals surface area contributed by atoms with Crippen molar-refractivity contribution >= 4 is 12.2 Å². The number of nitrogens with one attached hydrogen (secondary N) is 2. The van der Waals surface area contributed by atoms with Gasteiger partial charge in [0, 0.05) is 37.3 Å². The number of hydrogen-bond donors (Lipinski definition) is 2. The van der Waals surface area contributed by atoms with Gasteiger partial charge in [-0.15, -0.1) is 0 Å². The molecule has 0 saturated carbocycles. The van der Waals surface area contributed by atoms with Gasteiger partial charge in [-0.3, -0.25) is 10.00 Å². The Balaban J connectivity index is 2.12. The van der Waals surface area contributed by atoms with Gasteiger partial charge in [0.2, 0.25) is 0 Å². The van der Waals surface area contributed by atoms with Gasteiger partial charge >= 0.3 is 0 Å². The normalized spacial score (nSPS) is 17.4. The molecule has 0 saturated heterocycles. The monoisotopic (exact) mass is 211 g/mol. The summed E-state index contributed by atoms with van der Waals surface area (Å²) in [5.41, 5.74) is 2.60. The minimum Gasteiger partial charge on any atom is -0.304 e. The van der Waals surface area contributed by atoms with E-state index in [2.05, 4.69) is 28.9 Å². The zero-order valence-corrected chi connectivity index (χ0v) is 9.58. The third kappa shape index (κ3) is 1.91. The molecule has 2 rings (SSSR count). The van der Waals surface area contributed by atoms with E-state index in [-0.39, 0.29) is 0 Å². The lowest BCUT2D eigenvalue weighted by atomic mass is 10.1. The highest BCUT2D eigenvalue weighted by Gasteiger charge is 2.18. The molecule has 0 atom stereocenters. The highest BCUT2D eigenvalue weighted by molar-refractivity contribution is 7.71. The molecule has 1 aromatic rings. The molecule has 4 heteroatoms. The molecular weight excluding hydrogens is 194 g/mol. The summed E-state index contributed by atoms with van der Waals surface area (Å²) in [7, 11) is 0. The average Bonchev–Trinajstić information content (AvgIpc) is 2.47. The predicted molar refractivity (Wildman–Crippen MR) is 59.8 cm³/mol. The van der Waals surface area contributed by atoms with Crippen LogP contribution in [0.5, 0.6) is 0 Å². The lowest BCUT2D eigenvalue weighted by Crippen LogP contribution is -2.33. The molecule has 0 unspecified atom stereocenters. The van der Waals surface area contributed by atoms with Crippen LogP contribution in [0.2, 0.25) is 0 Å². The van der Waals surface area contributed by atoms with Crippen molar-refractivity contribution in [1.29, 1.82) is 0 Å². The molecule has 3 nitrogen and oxygen atoms in total. The van der Waals surface area contributed by atoms with Crippen LogP contribution in [0.3, 0.4) is 0 Å². The van der Waals surface area contributed by atoms with Crippen molar-refractivity contribution in [1.82, 2.24) is 15.1 Å². The van der Waals surface area contributed by atoms with Gasteiger partial charge in [-0.05, 0) is 5.92 Å². The van der Waals surface area contributed by atoms with Gasteiger partial charge in [0.15, 0.2) is 0 Å². The number of aromatic nitrogens is 2. The number of H-pyrrole nitrogens is 2. The van der Waals surface area contributed by atoms with E-state index in [0.29, 0.717) is 0 Å². The first kappa shape index (κ1) is 9.93. The minimum absolute atomic E-state index is 0.730. The zero-order chi connectivity index (χ0) is 10.1. The fourth-order valence-corrected chi connectivity index (χ4v) is 2.28. The van der Waals surface area contributed by atoms with Crippen LogP contribution in [-0.4, -0.2) is 28.2 Å². The van der Waals surface area contributed by atoms with Gasteiger partial charge < -0.3 is 5.10 Å². The van der Waals surface area contributed by atoms with Gasteiger partial charge in [-0.1, -0.05) is 26.1 Å². The van der Waals surface area contributed by atoms with Crippen LogP contribution in [0, 0.1) is 10.6 Å². The van der Waals surface area contributed by atoms with Gasteiger partial charge in [0.1, 0.15) is 4.64 Å². The maximum Gasteiger partial charge on any atom is 0.124 e. The Kier molecular flexibility index (Phi) is 2.74. The van der Waals surface area contributed by atoms with Gasteiger partial charge in [0.25, 0.3) is 0 Å². The lowest BCUT2D eigenvalue weighted by molar-refractivity contribution is 0.225. The Morgan fingerprint density at radius 1 is 1.43 bits per heavy atom. The van der Waals surface area contributed by atoms with Gasteiger partial charge in [-0.2, -0.15) is 0 Å². The van der Waals surface area contributed by atoms with E-state index in [1.807, 2.05) is 0 Å². The van der Waals surface area contributed by atoms with Gasteiger partial charge in [-0.25, -0.2) is 0 Å². The molecule has 0 bridgehead atoms. The van der Waals surface area contributed by atoms with E-state index in [1.165, 1.54) is 17.8 Å². The van der Waals surface area contributed by atoms with Crippen LogP contribution in [0.25, 0.3) is 0 Å². The van der Waals surface area contributed by atoms with E-state index < -0.39 is 0 Å². The molecule has 2 N–H and O–H groups in total. The number of fused-ring (bicyclic) bond motifs is 1. The van der Waals surface area contributed by atoms with Crippen LogP contribution in [0.1, 0.15) is 25.1 Å². The first-order valence-electron chi connectivity index (χ1n) is 5.17. The minimum atomic E-state index is 0.730. The SMILES string of the molecule is CC(C)CN1CCc2[nH][nH]c(=S)c2C1. The fraction of sp³-hybridized carbons (Fsp3) is 0.700. The molecule has 1 aromatic heterocycles. The third-order valence-corrected chi connectivity index (χ3v) is 3.00. The smallest absolute Gasteiger partial charge is 0.124 e. The highest BCUT2D eigenvalue weighted by atomic mass is 32.1. The molecule has 2 heterocycles. The van der Waals surface area contributed by atoms with Crippen LogP contribution in [0.4, 0.5) is 0 Å². The summed E-state index contributed by atoms with van der Waals surface area (Å²) in [4.78, 5) is 2.48. The second-order valence-corrected chi connectivity index (χ2v) is 4.82. The molecule has 1 aliphatic heterocycles. The summed E-state index contributed by atoms with van der Waals surface area (Å²) in [6.07, 6.45) is 1.09. The maximum atomic E-state index is 5.23. The number of aromatic amines is 2. The van der Waals surface area contributed by atoms with Crippen molar-refractivity contribution in [2.45, 2.75) is 26.8 Å². The summed E-state index contributed by atoms with van der Waals surface area (Å²) in [5, 5.41) is 6.16. The molecular formula is C10H17N3S. The Morgan fingerprint density at radius 3 is 2.93 bits per heavy atom. The van der Waals surface area contributed by atoms with Gasteiger partial charge in [0.05, 0.1) is 0 Å². The Hall–Kier alpha value is -0.610. The van der Waals surface area contributed by atoms with Crippen molar-refractivity contribution in [3.63, 3.8) is 0 Å². The summed E-state index contributed by atoms with van der Waals surface area (Å²) in [5.74, 6) is 0.730. The molecule has 0 fully saturated rings. The highest BCUT2D eigenvalue weighted by Crippen LogP contribution is 2.18. The molecule has 0 aromatic carbocycles. The zero-order valence-electron chi connectivity index (χ0n) is 8.76. The standard InChI is InChI=1S/C10H17N3S/c1-7(2)5-13-4-3-9-8(6-13)10(14)12-11-9/h7H,3-6H2,1-2H3,(H2,11,12,14). The summed E-state index contributed by atoms with van der Waals surface area (Å²) < 4.78 is 0.883. The van der Waals surface area contributed by atoms with Crippen LogP contribution < -0.4 is 0 Å². The lowest BCUT2D eigenvalue weighted by Gasteiger charge is -2.27. The Labute approximate surface area is 89.5 Å². The molecule has 0 aliphatic carbocycles. The molecule has 14 heavy (non-hydrogen) atoms. The van der Waals surface area contributed by atoms with Crippen molar-refractivity contribution in [3.05, 3.63) is 15.9 Å². The van der Waals surface area contributed by atoms with Crippen molar-refractivity contribution in [2.24, 2.45) is 5.92 Å². The van der Waals surface area contributed by atoms with Crippen LogP contribution in [0.15, 0.2) is 0 Å². The average molecular weight is 211 g/mol. The number of hydrogen-bond acceptors (Lipinski definition) is 2. The van der Waals surface area contributed by atoms with E-state index in [9.17, 15) is 0 Å². The topological polar surface area (TPSA) is 34.8 Å². The summed E-state index contributed by atoms with van der Waals surface area (Å²) in [6.45, 7) is 7.83. The Morgan fingerprint density at radius 2 is 2.21 bits per heavy atom. The molecule has 1 aliphatic rings. The van der Waals surface area contributed by atoms with E-state index in [0.717, 1.165) is 30.1 Å². The van der Waals surface area contributed by atoms with E-state index in [4.69, 9.17) is 12.2 Å². The van der Waals surface area contributed by atoms with Crippen molar-refractivity contribution in [2.75, 3.05) is 13.1 Å². The summed E-state index contributed by atoms with van der Waals surface area (Å²) in [6, 6.07) is 0. The summed E-state index contributed by atoms with van der Waals surface area (Å²) >= 11 is 5.23. The van der Waals surface area contributed by atoms with Crippen molar-refractivity contribution < 1.29 is 0 Å². The first-order chi connectivity index (χ1) is 6.66. The Bertz CT molecular complexity index is 364. The quantitative estimate of drug-likeness (QED) is 0.735. The molecule has 0 amide bonds. The van der Waals surface area contributed by atoms with Crippen LogP contribution >= 0.6 is 12.2 Å². The molecule has 0 spiro atoms. The van der Waals surface area contributed by atoms with E-state index >= 15 is 0 Å². The fourth-order valence-electron chi connectivity index (χ4n) is 2.05. The van der Waals surface area contributed by atoms with Crippen LogP contribution in [-0.2, 0) is 13.0 Å². The predicted octanol–water partition coefficient (Wildman–Crippen LogP) is 2.09. The first-order valence-corrected chi connectivity index (χ1v) is 5.58. The molecule has 78 valence electrons. The largest absolute Gasteiger partial charge is 0.304 e. The second-order valence-electron chi connectivity index (χ2n) is 4.42. The number of rotatable bonds is 2. The molecule has 0 radical (unpaired) electrons.